The Morgan fingerprint density at radius 1 is 1.19 bits per heavy atom. The van der Waals surface area contributed by atoms with E-state index in [1.54, 1.807) is 6.08 Å². The van der Waals surface area contributed by atoms with Crippen molar-refractivity contribution in [3.63, 3.8) is 0 Å². The maximum atomic E-state index is 12.7. The van der Waals surface area contributed by atoms with Gasteiger partial charge in [-0.3, -0.25) is 10.2 Å². The van der Waals surface area contributed by atoms with E-state index < -0.39 is 15.7 Å². The molecule has 2 aromatic rings. The van der Waals surface area contributed by atoms with E-state index in [9.17, 15) is 13.2 Å². The number of sulfone groups is 1. The Labute approximate surface area is 191 Å². The number of thioether (sulfide) groups is 1. The first-order valence-corrected chi connectivity index (χ1v) is 12.5. The van der Waals surface area contributed by atoms with Gasteiger partial charge in [-0.05, 0) is 74.4 Å². The lowest BCUT2D eigenvalue weighted by Gasteiger charge is -2.20. The molecule has 1 N–H and O–H groups in total. The molecule has 3 heterocycles. The minimum absolute atomic E-state index is 0.0643. The first-order chi connectivity index (χ1) is 15.0. The second-order valence-electron chi connectivity index (χ2n) is 7.67. The smallest absolute Gasteiger partial charge is 0.283 e. The third kappa shape index (κ3) is 3.53. The van der Waals surface area contributed by atoms with Crippen molar-refractivity contribution in [1.29, 1.82) is 5.41 Å². The Morgan fingerprint density at radius 2 is 1.91 bits per heavy atom. The van der Waals surface area contributed by atoms with Crippen LogP contribution >= 0.6 is 11.8 Å². The Hall–Kier alpha value is -2.98. The van der Waals surface area contributed by atoms with E-state index in [1.165, 1.54) is 12.5 Å². The fraction of sp³-hybridized carbons (Fsp3) is 0.273. The summed E-state index contributed by atoms with van der Waals surface area (Å²) in [7, 11) is -3.56. The van der Waals surface area contributed by atoms with Gasteiger partial charge in [0.15, 0.2) is 5.84 Å². The highest BCUT2D eigenvalue weighted by Gasteiger charge is 2.39. The van der Waals surface area contributed by atoms with Crippen LogP contribution in [0, 0.1) is 33.1 Å². The van der Waals surface area contributed by atoms with Crippen LogP contribution in [0.5, 0.6) is 0 Å². The molecular weight excluding hydrogens is 446 g/mol. The van der Waals surface area contributed by atoms with Crippen molar-refractivity contribution < 1.29 is 13.2 Å². The molecule has 8 nitrogen and oxygen atoms in total. The van der Waals surface area contributed by atoms with Crippen LogP contribution in [-0.4, -0.2) is 45.0 Å². The van der Waals surface area contributed by atoms with Crippen LogP contribution < -0.4 is 0 Å². The number of aromatic nitrogens is 1. The number of fused-ring (bicyclic) bond motifs is 1. The van der Waals surface area contributed by atoms with Crippen LogP contribution in [0.4, 0.5) is 0 Å². The van der Waals surface area contributed by atoms with Crippen molar-refractivity contribution in [2.24, 2.45) is 10.1 Å². The standard InChI is InChI=1S/C22H23N5O3S2/c1-6-32(29,30)22-25-27-19(23)17(20(28)24-21(27)31-22)11-16-10-13(3)26(15(16)5)18-9-7-8-12(2)14(18)4/h7-11,23H,6H2,1-5H3/b17-11-,23-19?. The Bertz CT molecular complexity index is 1380. The number of nitrogens with zero attached hydrogens (tertiary/aromatic N) is 4. The molecule has 0 bridgehead atoms. The Balaban J connectivity index is 1.77. The number of benzene rings is 1. The lowest BCUT2D eigenvalue weighted by molar-refractivity contribution is -0.114. The van der Waals surface area contributed by atoms with Gasteiger partial charge in [-0.1, -0.05) is 19.1 Å². The minimum Gasteiger partial charge on any atom is -0.318 e. The molecule has 0 atom stereocenters. The summed E-state index contributed by atoms with van der Waals surface area (Å²) in [6.45, 7) is 9.61. The van der Waals surface area contributed by atoms with Gasteiger partial charge < -0.3 is 4.57 Å². The monoisotopic (exact) mass is 469 g/mol. The van der Waals surface area contributed by atoms with Crippen molar-refractivity contribution >= 4 is 49.0 Å². The number of amides is 1. The van der Waals surface area contributed by atoms with Gasteiger partial charge in [-0.25, -0.2) is 8.42 Å². The summed E-state index contributed by atoms with van der Waals surface area (Å²) in [5.41, 5.74) is 6.17. The molecule has 2 aliphatic rings. The molecule has 0 aliphatic carbocycles. The number of carbonyl (C=O) groups excluding carboxylic acids is 1. The van der Waals surface area contributed by atoms with Gasteiger partial charge in [-0.2, -0.15) is 10.0 Å². The van der Waals surface area contributed by atoms with Crippen molar-refractivity contribution in [1.82, 2.24) is 9.58 Å². The summed E-state index contributed by atoms with van der Waals surface area (Å²) < 4.78 is 26.3. The highest BCUT2D eigenvalue weighted by Crippen LogP contribution is 2.32. The molecule has 32 heavy (non-hydrogen) atoms. The number of amidine groups is 2. The van der Waals surface area contributed by atoms with E-state index in [0.717, 1.165) is 45.0 Å². The summed E-state index contributed by atoms with van der Waals surface area (Å²) in [6.07, 6.45) is 1.63. The number of aliphatic imine (C=N–C) groups is 1. The van der Waals surface area contributed by atoms with Gasteiger partial charge in [0.25, 0.3) is 5.91 Å². The maximum absolute atomic E-state index is 12.7. The zero-order valence-corrected chi connectivity index (χ0v) is 20.1. The molecule has 1 aromatic carbocycles. The van der Waals surface area contributed by atoms with E-state index in [1.807, 2.05) is 26.0 Å². The molecule has 0 radical (unpaired) electrons. The van der Waals surface area contributed by atoms with Gasteiger partial charge in [0.05, 0.1) is 11.3 Å². The summed E-state index contributed by atoms with van der Waals surface area (Å²) >= 11 is 0.797. The molecule has 0 spiro atoms. The van der Waals surface area contributed by atoms with Gasteiger partial charge >= 0.3 is 0 Å². The highest BCUT2D eigenvalue weighted by molar-refractivity contribution is 8.42. The maximum Gasteiger partial charge on any atom is 0.283 e. The fourth-order valence-corrected chi connectivity index (χ4v) is 5.83. The van der Waals surface area contributed by atoms with Crippen LogP contribution in [0.25, 0.3) is 11.8 Å². The second-order valence-corrected chi connectivity index (χ2v) is 11.1. The predicted octanol–water partition coefficient (Wildman–Crippen LogP) is 3.72. The summed E-state index contributed by atoms with van der Waals surface area (Å²) in [5, 5.41) is 13.7. The van der Waals surface area contributed by atoms with Crippen LogP contribution in [0.2, 0.25) is 0 Å². The van der Waals surface area contributed by atoms with Gasteiger partial charge in [0, 0.05) is 17.1 Å². The average molecular weight is 470 g/mol. The van der Waals surface area contributed by atoms with E-state index in [2.05, 4.69) is 40.6 Å². The van der Waals surface area contributed by atoms with Gasteiger partial charge in [0.2, 0.25) is 19.4 Å². The number of nitrogens with one attached hydrogen (secondary N) is 1. The van der Waals surface area contributed by atoms with Crippen LogP contribution in [0.1, 0.15) is 35.0 Å². The molecule has 10 heteroatoms. The second kappa shape index (κ2) is 7.86. The van der Waals surface area contributed by atoms with Crippen LogP contribution in [-0.2, 0) is 14.6 Å². The number of hydrogen-bond acceptors (Lipinski definition) is 6. The zero-order chi connectivity index (χ0) is 23.4. The number of carbonyl (C=O) groups is 1. The molecule has 1 amide bonds. The van der Waals surface area contributed by atoms with Gasteiger partial charge in [-0.15, -0.1) is 5.10 Å². The molecule has 4 rings (SSSR count). The number of hydrazone groups is 1. The van der Waals surface area contributed by atoms with Crippen molar-refractivity contribution in [2.75, 3.05) is 5.75 Å². The van der Waals surface area contributed by atoms with Crippen molar-refractivity contribution in [2.45, 2.75) is 34.6 Å². The summed E-state index contributed by atoms with van der Waals surface area (Å²) in [5.74, 6) is -0.894. The lowest BCUT2D eigenvalue weighted by atomic mass is 10.1. The highest BCUT2D eigenvalue weighted by atomic mass is 32.3. The number of aryl methyl sites for hydroxylation is 2. The first-order valence-electron chi connectivity index (χ1n) is 10.0. The molecular formula is C22H23N5O3S2. The molecule has 166 valence electrons. The largest absolute Gasteiger partial charge is 0.318 e. The SMILES string of the molecule is CCS(=O)(=O)C1=NN2C(=N)/C(=C/c3cc(C)n(-c4cccc(C)c4C)c3C)C(=O)N=C2S1. The first kappa shape index (κ1) is 22.2. The quantitative estimate of drug-likeness (QED) is 0.689. The van der Waals surface area contributed by atoms with E-state index >= 15 is 0 Å². The van der Waals surface area contributed by atoms with Crippen LogP contribution in [0.15, 0.2) is 39.9 Å². The average Bonchev–Trinajstić information content (AvgIpc) is 3.29. The Morgan fingerprint density at radius 3 is 2.59 bits per heavy atom. The predicted molar refractivity (Wildman–Crippen MR) is 129 cm³/mol. The lowest BCUT2D eigenvalue weighted by Crippen LogP contribution is -2.35. The summed E-state index contributed by atoms with van der Waals surface area (Å²) in [4.78, 5) is 16.7. The van der Waals surface area contributed by atoms with Crippen molar-refractivity contribution in [3.8, 4) is 5.69 Å². The van der Waals surface area contributed by atoms with E-state index in [4.69, 9.17) is 5.41 Å². The van der Waals surface area contributed by atoms with Crippen molar-refractivity contribution in [3.05, 3.63) is 57.9 Å². The van der Waals surface area contributed by atoms with Crippen LogP contribution in [0.3, 0.4) is 0 Å². The van der Waals surface area contributed by atoms with E-state index in [-0.39, 0.29) is 26.7 Å². The Kier molecular flexibility index (Phi) is 5.46. The molecule has 1 aromatic heterocycles. The third-order valence-electron chi connectivity index (χ3n) is 5.67. The molecule has 0 saturated heterocycles. The molecule has 0 unspecified atom stereocenters. The molecule has 0 saturated carbocycles. The summed E-state index contributed by atoms with van der Waals surface area (Å²) in [6, 6.07) is 8.08. The topological polar surface area (TPSA) is 108 Å². The normalized spacial score (nSPS) is 17.7. The van der Waals surface area contributed by atoms with Gasteiger partial charge in [0.1, 0.15) is 0 Å². The zero-order valence-electron chi connectivity index (χ0n) is 18.4. The van der Waals surface area contributed by atoms with E-state index in [0.29, 0.717) is 0 Å². The fourth-order valence-electron chi connectivity index (χ4n) is 3.66. The number of hydrogen-bond donors (Lipinski definition) is 1. The molecule has 2 aliphatic heterocycles. The number of rotatable bonds is 3. The molecule has 0 fully saturated rings. The third-order valence-corrected chi connectivity index (χ3v) is 8.76. The minimum atomic E-state index is -3.56.